The Kier molecular flexibility index (Phi) is 0.885. The minimum Gasteiger partial charge on any atom is -0.378 e. The molecular formula is C14H18O. The number of hydrogen-bond donors (Lipinski definition) is 0. The predicted octanol–water partition coefficient (Wildman–Crippen LogP) is 2.31. The maximum Gasteiger partial charge on any atom is 0.0639 e. The molecule has 7 aliphatic rings. The van der Waals surface area contributed by atoms with Crippen molar-refractivity contribution in [3.63, 3.8) is 0 Å². The second kappa shape index (κ2) is 1.81. The fourth-order valence-corrected chi connectivity index (χ4v) is 7.48. The monoisotopic (exact) mass is 202 g/mol. The van der Waals surface area contributed by atoms with Gasteiger partial charge in [0, 0.05) is 12.0 Å². The Labute approximate surface area is 90.6 Å². The molecule has 1 aliphatic heterocycles. The lowest BCUT2D eigenvalue weighted by molar-refractivity contribution is -0.628. The molecule has 0 aromatic rings. The third-order valence-corrected chi connectivity index (χ3v) is 7.54. The zero-order chi connectivity index (χ0) is 9.36. The molecule has 0 N–H and O–H groups in total. The second-order valence-electron chi connectivity index (χ2n) is 7.10. The van der Waals surface area contributed by atoms with Crippen LogP contribution in [0.15, 0.2) is 0 Å². The van der Waals surface area contributed by atoms with Gasteiger partial charge in [0.15, 0.2) is 0 Å². The molecule has 0 amide bonds. The van der Waals surface area contributed by atoms with E-state index in [-0.39, 0.29) is 0 Å². The van der Waals surface area contributed by atoms with E-state index in [2.05, 4.69) is 0 Å². The van der Waals surface area contributed by atoms with Gasteiger partial charge < -0.3 is 4.74 Å². The summed E-state index contributed by atoms with van der Waals surface area (Å²) in [6.45, 7) is 1.07. The molecule has 6 aliphatic carbocycles. The molecule has 1 saturated heterocycles. The lowest BCUT2D eigenvalue weighted by atomic mass is 8.96. The number of ether oxygens (including phenoxy) is 1. The standard InChI is InChI=1S/C14H18O/c1-2-4-6(15-5-3-1)14-11-8-7-9(11)13(14)10(7)12(8)14/h6-13H,1-5H2. The molecule has 7 rings (SSSR count). The third kappa shape index (κ3) is 0.420. The summed E-state index contributed by atoms with van der Waals surface area (Å²) in [5, 5.41) is 0. The first-order chi connectivity index (χ1) is 7.47. The van der Waals surface area contributed by atoms with E-state index < -0.39 is 0 Å². The van der Waals surface area contributed by atoms with E-state index >= 15 is 0 Å². The zero-order valence-corrected chi connectivity index (χ0v) is 9.06. The molecule has 0 radical (unpaired) electrons. The maximum atomic E-state index is 6.21. The van der Waals surface area contributed by atoms with E-state index in [1.54, 1.807) is 0 Å². The molecule has 0 aromatic carbocycles. The minimum absolute atomic E-state index is 0.713. The summed E-state index contributed by atoms with van der Waals surface area (Å²) in [6.07, 6.45) is 6.31. The Balaban J connectivity index is 1.38. The highest BCUT2D eigenvalue weighted by atomic mass is 16.5. The molecule has 6 saturated carbocycles. The van der Waals surface area contributed by atoms with E-state index in [0.717, 1.165) is 12.0 Å². The van der Waals surface area contributed by atoms with Crippen LogP contribution in [0.2, 0.25) is 0 Å². The molecule has 1 unspecified atom stereocenters. The summed E-state index contributed by atoms with van der Waals surface area (Å²) in [4.78, 5) is 0. The first kappa shape index (κ1) is 7.32. The van der Waals surface area contributed by atoms with Crippen molar-refractivity contribution in [1.82, 2.24) is 0 Å². The van der Waals surface area contributed by atoms with Crippen LogP contribution in [0, 0.1) is 46.8 Å². The van der Waals surface area contributed by atoms with Gasteiger partial charge in [0.2, 0.25) is 0 Å². The largest absolute Gasteiger partial charge is 0.378 e. The minimum atomic E-state index is 0.713. The lowest BCUT2D eigenvalue weighted by Crippen LogP contribution is -3.07. The average Bonchev–Trinajstić information content (AvgIpc) is 2.58. The summed E-state index contributed by atoms with van der Waals surface area (Å²) in [5.41, 5.74) is 0.805. The van der Waals surface area contributed by atoms with Crippen LogP contribution in [0.1, 0.15) is 25.7 Å². The van der Waals surface area contributed by atoms with Crippen molar-refractivity contribution < 1.29 is 4.74 Å². The van der Waals surface area contributed by atoms with Crippen molar-refractivity contribution >= 4 is 0 Å². The van der Waals surface area contributed by atoms with Gasteiger partial charge >= 0.3 is 0 Å². The molecule has 0 bridgehead atoms. The SMILES string of the molecule is C1CCOC(C23C4C5C6C4C2C6C53)CC1. The summed E-state index contributed by atoms with van der Waals surface area (Å²) in [5.74, 6) is 8.52. The highest BCUT2D eigenvalue weighted by Crippen LogP contribution is 3.06. The molecule has 0 aromatic heterocycles. The topological polar surface area (TPSA) is 9.23 Å². The summed E-state index contributed by atoms with van der Waals surface area (Å²) < 4.78 is 6.21. The fourth-order valence-electron chi connectivity index (χ4n) is 7.48. The van der Waals surface area contributed by atoms with Crippen LogP contribution in [-0.4, -0.2) is 12.7 Å². The number of rotatable bonds is 1. The Morgan fingerprint density at radius 1 is 0.800 bits per heavy atom. The van der Waals surface area contributed by atoms with E-state index in [1.165, 1.54) is 67.1 Å². The van der Waals surface area contributed by atoms with Crippen molar-refractivity contribution in [2.24, 2.45) is 46.8 Å². The van der Waals surface area contributed by atoms with Gasteiger partial charge in [-0.2, -0.15) is 0 Å². The Morgan fingerprint density at radius 3 is 2.27 bits per heavy atom. The highest BCUT2D eigenvalue weighted by Gasteiger charge is 3.05. The summed E-state index contributed by atoms with van der Waals surface area (Å²) >= 11 is 0. The van der Waals surface area contributed by atoms with Crippen molar-refractivity contribution in [1.29, 1.82) is 0 Å². The van der Waals surface area contributed by atoms with Crippen LogP contribution in [0.3, 0.4) is 0 Å². The van der Waals surface area contributed by atoms with E-state index in [4.69, 9.17) is 4.74 Å². The first-order valence-corrected chi connectivity index (χ1v) is 7.09. The average molecular weight is 202 g/mol. The van der Waals surface area contributed by atoms with Gasteiger partial charge in [0.05, 0.1) is 6.10 Å². The molecule has 7 fully saturated rings. The van der Waals surface area contributed by atoms with Gasteiger partial charge in [0.25, 0.3) is 0 Å². The van der Waals surface area contributed by atoms with Crippen LogP contribution >= 0.6 is 0 Å². The number of hydrogen-bond acceptors (Lipinski definition) is 1. The highest BCUT2D eigenvalue weighted by molar-refractivity contribution is 5.51. The Morgan fingerprint density at radius 2 is 1.53 bits per heavy atom. The van der Waals surface area contributed by atoms with Gasteiger partial charge in [-0.25, -0.2) is 0 Å². The smallest absolute Gasteiger partial charge is 0.0639 e. The molecule has 1 heteroatoms. The van der Waals surface area contributed by atoms with Gasteiger partial charge in [-0.1, -0.05) is 12.8 Å². The summed E-state index contributed by atoms with van der Waals surface area (Å²) in [6, 6.07) is 0. The van der Waals surface area contributed by atoms with Gasteiger partial charge in [0.1, 0.15) is 0 Å². The predicted molar refractivity (Wildman–Crippen MR) is 55.1 cm³/mol. The molecule has 1 heterocycles. The van der Waals surface area contributed by atoms with Gasteiger partial charge in [-0.15, -0.1) is 0 Å². The maximum absolute atomic E-state index is 6.21. The van der Waals surface area contributed by atoms with Gasteiger partial charge in [-0.05, 0) is 54.3 Å². The first-order valence-electron chi connectivity index (χ1n) is 7.09. The van der Waals surface area contributed by atoms with Crippen LogP contribution in [0.25, 0.3) is 0 Å². The Bertz CT molecular complexity index is 315. The molecular weight excluding hydrogens is 184 g/mol. The molecule has 1 nitrogen and oxygen atoms in total. The van der Waals surface area contributed by atoms with Crippen LogP contribution < -0.4 is 0 Å². The Hall–Kier alpha value is -0.0400. The summed E-state index contributed by atoms with van der Waals surface area (Å²) in [7, 11) is 0. The lowest BCUT2D eigenvalue weighted by Gasteiger charge is -3.08. The van der Waals surface area contributed by atoms with Crippen LogP contribution in [0.5, 0.6) is 0 Å². The quantitative estimate of drug-likeness (QED) is 0.634. The van der Waals surface area contributed by atoms with Crippen LogP contribution in [0.4, 0.5) is 0 Å². The van der Waals surface area contributed by atoms with Crippen molar-refractivity contribution in [3.8, 4) is 0 Å². The van der Waals surface area contributed by atoms with E-state index in [1.807, 2.05) is 0 Å². The van der Waals surface area contributed by atoms with Gasteiger partial charge in [-0.3, -0.25) is 0 Å². The van der Waals surface area contributed by atoms with E-state index in [0.29, 0.717) is 6.10 Å². The molecule has 0 spiro atoms. The van der Waals surface area contributed by atoms with Crippen LogP contribution in [-0.2, 0) is 4.74 Å². The van der Waals surface area contributed by atoms with Crippen molar-refractivity contribution in [2.45, 2.75) is 31.8 Å². The van der Waals surface area contributed by atoms with Crippen molar-refractivity contribution in [2.75, 3.05) is 6.61 Å². The van der Waals surface area contributed by atoms with E-state index in [9.17, 15) is 0 Å². The second-order valence-corrected chi connectivity index (χ2v) is 7.10. The van der Waals surface area contributed by atoms with Crippen molar-refractivity contribution in [3.05, 3.63) is 0 Å². The normalized spacial score (nSPS) is 80.0. The fraction of sp³-hybridized carbons (Fsp3) is 1.00. The zero-order valence-electron chi connectivity index (χ0n) is 9.06. The molecule has 15 heavy (non-hydrogen) atoms. The third-order valence-electron chi connectivity index (χ3n) is 7.54. The molecule has 80 valence electrons. The molecule has 1 atom stereocenters.